The van der Waals surface area contributed by atoms with Crippen LogP contribution in [0.25, 0.3) is 0 Å². The largest absolute Gasteiger partial charge is 0.349 e. The Kier molecular flexibility index (Phi) is 3.01. The molecular formula is C12H22N2O. The molecule has 15 heavy (non-hydrogen) atoms. The van der Waals surface area contributed by atoms with Crippen LogP contribution in [-0.4, -0.2) is 18.0 Å². The highest BCUT2D eigenvalue weighted by atomic mass is 16.2. The molecule has 2 atom stereocenters. The molecular weight excluding hydrogens is 188 g/mol. The molecule has 1 amide bonds. The van der Waals surface area contributed by atoms with Crippen molar-refractivity contribution >= 4 is 5.91 Å². The van der Waals surface area contributed by atoms with E-state index in [2.05, 4.69) is 12.2 Å². The minimum atomic E-state index is -0.0860. The average molecular weight is 210 g/mol. The maximum absolute atomic E-state index is 11.8. The second kappa shape index (κ2) is 4.12. The smallest absolute Gasteiger partial charge is 0.223 e. The normalized spacial score (nSPS) is 36.3. The maximum atomic E-state index is 11.8. The first-order valence-corrected chi connectivity index (χ1v) is 6.17. The highest BCUT2D eigenvalue weighted by molar-refractivity contribution is 5.81. The summed E-state index contributed by atoms with van der Waals surface area (Å²) in [5.41, 5.74) is 5.77. The third kappa shape index (κ3) is 2.51. The lowest BCUT2D eigenvalue weighted by Crippen LogP contribution is -2.56. The lowest BCUT2D eigenvalue weighted by molar-refractivity contribution is -0.124. The van der Waals surface area contributed by atoms with Gasteiger partial charge < -0.3 is 11.1 Å². The lowest BCUT2D eigenvalue weighted by Gasteiger charge is -2.40. The molecule has 3 N–H and O–H groups in total. The number of nitrogens with one attached hydrogen (secondary N) is 1. The third-order valence-electron chi connectivity index (χ3n) is 3.82. The SMILES string of the molecule is CC1CCCC(CN)(NC(=O)C2CC2)C1. The van der Waals surface area contributed by atoms with Crippen LogP contribution in [-0.2, 0) is 4.79 Å². The molecule has 3 nitrogen and oxygen atoms in total. The first kappa shape index (κ1) is 10.9. The van der Waals surface area contributed by atoms with E-state index in [1.54, 1.807) is 0 Å². The summed E-state index contributed by atoms with van der Waals surface area (Å²) in [5.74, 6) is 1.24. The molecule has 0 aliphatic heterocycles. The number of nitrogens with two attached hydrogens (primary N) is 1. The number of hydrogen-bond donors (Lipinski definition) is 2. The van der Waals surface area contributed by atoms with Gasteiger partial charge in [0, 0.05) is 12.5 Å². The maximum Gasteiger partial charge on any atom is 0.223 e. The molecule has 0 bridgehead atoms. The predicted octanol–water partition coefficient (Wildman–Crippen LogP) is 1.42. The molecule has 86 valence electrons. The zero-order valence-corrected chi connectivity index (χ0v) is 9.59. The number of carbonyl (C=O) groups excluding carboxylic acids is 1. The Hall–Kier alpha value is -0.570. The Bertz CT molecular complexity index is 250. The van der Waals surface area contributed by atoms with Crippen LogP contribution in [0.5, 0.6) is 0 Å². The summed E-state index contributed by atoms with van der Waals surface area (Å²) < 4.78 is 0. The number of hydrogen-bond acceptors (Lipinski definition) is 2. The highest BCUT2D eigenvalue weighted by Crippen LogP contribution is 2.34. The molecule has 0 saturated heterocycles. The monoisotopic (exact) mass is 210 g/mol. The quantitative estimate of drug-likeness (QED) is 0.740. The molecule has 2 rings (SSSR count). The zero-order valence-electron chi connectivity index (χ0n) is 9.59. The molecule has 0 heterocycles. The molecule has 2 saturated carbocycles. The van der Waals surface area contributed by atoms with Crippen LogP contribution in [0.2, 0.25) is 0 Å². The summed E-state index contributed by atoms with van der Waals surface area (Å²) >= 11 is 0. The van der Waals surface area contributed by atoms with Gasteiger partial charge in [0.2, 0.25) is 5.91 Å². The van der Waals surface area contributed by atoms with E-state index in [0.717, 1.165) is 25.7 Å². The Morgan fingerprint density at radius 2 is 2.20 bits per heavy atom. The summed E-state index contributed by atoms with van der Waals surface area (Å²) in [7, 11) is 0. The van der Waals surface area contributed by atoms with E-state index >= 15 is 0 Å². The molecule has 0 aromatic carbocycles. The van der Waals surface area contributed by atoms with E-state index in [1.165, 1.54) is 12.8 Å². The van der Waals surface area contributed by atoms with E-state index in [1.807, 2.05) is 0 Å². The standard InChI is InChI=1S/C12H22N2O/c1-9-3-2-6-12(7-9,8-13)14-11(15)10-4-5-10/h9-10H,2-8,13H2,1H3,(H,14,15). The summed E-state index contributed by atoms with van der Waals surface area (Å²) in [5, 5.41) is 3.21. The van der Waals surface area contributed by atoms with Gasteiger partial charge in [-0.15, -0.1) is 0 Å². The van der Waals surface area contributed by atoms with Crippen LogP contribution in [0.4, 0.5) is 0 Å². The van der Waals surface area contributed by atoms with Crippen LogP contribution in [0, 0.1) is 11.8 Å². The summed E-state index contributed by atoms with van der Waals surface area (Å²) in [6.45, 7) is 2.85. The van der Waals surface area contributed by atoms with Crippen molar-refractivity contribution in [2.45, 2.75) is 51.0 Å². The number of carbonyl (C=O) groups is 1. The van der Waals surface area contributed by atoms with Crippen molar-refractivity contribution in [3.8, 4) is 0 Å². The van der Waals surface area contributed by atoms with Gasteiger partial charge >= 0.3 is 0 Å². The fourth-order valence-corrected chi connectivity index (χ4v) is 2.72. The summed E-state index contributed by atoms with van der Waals surface area (Å²) in [6.07, 6.45) is 6.74. The predicted molar refractivity (Wildman–Crippen MR) is 60.3 cm³/mol. The van der Waals surface area contributed by atoms with Crippen molar-refractivity contribution in [1.29, 1.82) is 0 Å². The molecule has 3 heteroatoms. The van der Waals surface area contributed by atoms with E-state index in [0.29, 0.717) is 18.4 Å². The van der Waals surface area contributed by atoms with Crippen LogP contribution in [0.1, 0.15) is 45.4 Å². The Morgan fingerprint density at radius 3 is 2.73 bits per heavy atom. The Balaban J connectivity index is 1.96. The van der Waals surface area contributed by atoms with Gasteiger partial charge in [-0.2, -0.15) is 0 Å². The molecule has 2 unspecified atom stereocenters. The molecule has 0 aromatic heterocycles. The Labute approximate surface area is 91.8 Å². The second-order valence-corrected chi connectivity index (χ2v) is 5.45. The van der Waals surface area contributed by atoms with Crippen molar-refractivity contribution in [3.05, 3.63) is 0 Å². The average Bonchev–Trinajstić information content (AvgIpc) is 3.00. The van der Waals surface area contributed by atoms with Gasteiger partial charge in [0.05, 0.1) is 5.54 Å². The molecule has 0 radical (unpaired) electrons. The number of rotatable bonds is 3. The Morgan fingerprint density at radius 1 is 1.47 bits per heavy atom. The first-order chi connectivity index (χ1) is 7.15. The zero-order chi connectivity index (χ0) is 10.9. The van der Waals surface area contributed by atoms with Gasteiger partial charge in [0.25, 0.3) is 0 Å². The van der Waals surface area contributed by atoms with Crippen LogP contribution in [0.15, 0.2) is 0 Å². The fraction of sp³-hybridized carbons (Fsp3) is 0.917. The highest BCUT2D eigenvalue weighted by Gasteiger charge is 2.39. The van der Waals surface area contributed by atoms with Crippen LogP contribution in [0.3, 0.4) is 0 Å². The van der Waals surface area contributed by atoms with E-state index in [-0.39, 0.29) is 11.4 Å². The van der Waals surface area contributed by atoms with Gasteiger partial charge in [-0.05, 0) is 31.6 Å². The molecule has 2 fully saturated rings. The molecule has 0 aromatic rings. The first-order valence-electron chi connectivity index (χ1n) is 6.17. The lowest BCUT2D eigenvalue weighted by atomic mass is 9.76. The van der Waals surface area contributed by atoms with Crippen LogP contribution >= 0.6 is 0 Å². The van der Waals surface area contributed by atoms with Gasteiger partial charge in [-0.1, -0.05) is 19.8 Å². The van der Waals surface area contributed by atoms with Crippen molar-refractivity contribution in [3.63, 3.8) is 0 Å². The van der Waals surface area contributed by atoms with Gasteiger partial charge in [0.15, 0.2) is 0 Å². The summed E-state index contributed by atoms with van der Waals surface area (Å²) in [4.78, 5) is 11.8. The van der Waals surface area contributed by atoms with Crippen molar-refractivity contribution in [1.82, 2.24) is 5.32 Å². The second-order valence-electron chi connectivity index (χ2n) is 5.45. The molecule has 0 spiro atoms. The van der Waals surface area contributed by atoms with Gasteiger partial charge in [0.1, 0.15) is 0 Å². The number of amides is 1. The van der Waals surface area contributed by atoms with Crippen molar-refractivity contribution in [2.75, 3.05) is 6.54 Å². The van der Waals surface area contributed by atoms with E-state index in [4.69, 9.17) is 5.73 Å². The topological polar surface area (TPSA) is 55.1 Å². The van der Waals surface area contributed by atoms with Gasteiger partial charge in [-0.25, -0.2) is 0 Å². The van der Waals surface area contributed by atoms with E-state index < -0.39 is 0 Å². The van der Waals surface area contributed by atoms with Crippen LogP contribution < -0.4 is 11.1 Å². The molecule has 2 aliphatic rings. The van der Waals surface area contributed by atoms with Crippen molar-refractivity contribution in [2.24, 2.45) is 17.6 Å². The fourth-order valence-electron chi connectivity index (χ4n) is 2.72. The third-order valence-corrected chi connectivity index (χ3v) is 3.82. The summed E-state index contributed by atoms with van der Waals surface area (Å²) in [6, 6.07) is 0. The minimum Gasteiger partial charge on any atom is -0.349 e. The van der Waals surface area contributed by atoms with Gasteiger partial charge in [-0.3, -0.25) is 4.79 Å². The molecule has 2 aliphatic carbocycles. The van der Waals surface area contributed by atoms with E-state index in [9.17, 15) is 4.79 Å². The minimum absolute atomic E-state index is 0.0860. The van der Waals surface area contributed by atoms with Crippen molar-refractivity contribution < 1.29 is 4.79 Å².